The third-order valence-electron chi connectivity index (χ3n) is 2.90. The second-order valence-electron chi connectivity index (χ2n) is 5.54. The second kappa shape index (κ2) is 7.63. The zero-order valence-corrected chi connectivity index (χ0v) is 12.5. The summed E-state index contributed by atoms with van der Waals surface area (Å²) in [6, 6.07) is -0.352. The third kappa shape index (κ3) is 6.75. The van der Waals surface area contributed by atoms with E-state index in [2.05, 4.69) is 15.7 Å². The van der Waals surface area contributed by atoms with E-state index in [9.17, 15) is 9.59 Å². The van der Waals surface area contributed by atoms with Gasteiger partial charge in [-0.1, -0.05) is 13.8 Å². The maximum absolute atomic E-state index is 11.8. The highest BCUT2D eigenvalue weighted by Gasteiger charge is 2.18. The van der Waals surface area contributed by atoms with Crippen molar-refractivity contribution in [3.8, 4) is 0 Å². The summed E-state index contributed by atoms with van der Waals surface area (Å²) in [7, 11) is 1.64. The molecule has 8 heteroatoms. The zero-order valence-electron chi connectivity index (χ0n) is 12.5. The smallest absolute Gasteiger partial charge is 0.325 e. The molecule has 0 saturated carbocycles. The van der Waals surface area contributed by atoms with Gasteiger partial charge in [0.15, 0.2) is 0 Å². The Balaban J connectivity index is 2.39. The predicted molar refractivity (Wildman–Crippen MR) is 77.2 cm³/mol. The van der Waals surface area contributed by atoms with Crippen LogP contribution < -0.4 is 10.6 Å². The van der Waals surface area contributed by atoms with Crippen molar-refractivity contribution in [1.29, 1.82) is 0 Å². The first-order valence-corrected chi connectivity index (χ1v) is 6.60. The summed E-state index contributed by atoms with van der Waals surface area (Å²) >= 11 is 0. The van der Waals surface area contributed by atoms with Gasteiger partial charge in [-0.15, -0.1) is 0 Å². The van der Waals surface area contributed by atoms with Crippen molar-refractivity contribution < 1.29 is 19.4 Å². The first-order valence-electron chi connectivity index (χ1n) is 6.60. The van der Waals surface area contributed by atoms with Crippen LogP contribution in [0.25, 0.3) is 0 Å². The molecular formula is C13H22N4O4. The highest BCUT2D eigenvalue weighted by Crippen LogP contribution is 2.18. The summed E-state index contributed by atoms with van der Waals surface area (Å²) in [5.74, 6) is -0.992. The van der Waals surface area contributed by atoms with Crippen LogP contribution >= 0.6 is 0 Å². The number of hydrogen-bond donors (Lipinski definition) is 3. The number of carboxylic acids is 1. The lowest BCUT2D eigenvalue weighted by Crippen LogP contribution is -2.37. The minimum atomic E-state index is -0.992. The van der Waals surface area contributed by atoms with Gasteiger partial charge in [-0.05, 0) is 11.8 Å². The molecule has 0 aliphatic rings. The number of anilines is 1. The second-order valence-corrected chi connectivity index (χ2v) is 5.54. The summed E-state index contributed by atoms with van der Waals surface area (Å²) in [5.41, 5.74) is 0.379. The largest absolute Gasteiger partial charge is 0.480 e. The average molecular weight is 298 g/mol. The van der Waals surface area contributed by atoms with E-state index < -0.39 is 5.97 Å². The summed E-state index contributed by atoms with van der Waals surface area (Å²) < 4.78 is 6.26. The maximum Gasteiger partial charge on any atom is 0.325 e. The molecule has 0 saturated heterocycles. The van der Waals surface area contributed by atoms with Crippen molar-refractivity contribution in [2.45, 2.75) is 26.8 Å². The van der Waals surface area contributed by atoms with Crippen LogP contribution in [0, 0.1) is 5.41 Å². The first kappa shape index (κ1) is 17.0. The highest BCUT2D eigenvalue weighted by molar-refractivity contribution is 5.88. The molecule has 0 radical (unpaired) electrons. The third-order valence-corrected chi connectivity index (χ3v) is 2.90. The van der Waals surface area contributed by atoms with Crippen molar-refractivity contribution in [2.24, 2.45) is 5.41 Å². The van der Waals surface area contributed by atoms with E-state index in [0.717, 1.165) is 6.42 Å². The molecule has 3 N–H and O–H groups in total. The number of carbonyl (C=O) groups is 2. The summed E-state index contributed by atoms with van der Waals surface area (Å²) in [6.07, 6.45) is 3.70. The van der Waals surface area contributed by atoms with E-state index in [0.29, 0.717) is 18.8 Å². The van der Waals surface area contributed by atoms with Crippen LogP contribution in [0.15, 0.2) is 12.4 Å². The Bertz CT molecular complexity index is 484. The highest BCUT2D eigenvalue weighted by atomic mass is 16.5. The van der Waals surface area contributed by atoms with Gasteiger partial charge in [0.2, 0.25) is 0 Å². The van der Waals surface area contributed by atoms with Crippen LogP contribution in [0.4, 0.5) is 10.5 Å². The number of carboxylic acid groups (broad SMARTS) is 1. The number of carbonyl (C=O) groups excluding carboxylic acids is 1. The lowest BCUT2D eigenvalue weighted by atomic mass is 9.90. The Labute approximate surface area is 123 Å². The first-order chi connectivity index (χ1) is 9.82. The van der Waals surface area contributed by atoms with E-state index in [1.807, 2.05) is 13.8 Å². The molecule has 8 nitrogen and oxygen atoms in total. The van der Waals surface area contributed by atoms with Gasteiger partial charge in [-0.3, -0.25) is 9.48 Å². The molecule has 21 heavy (non-hydrogen) atoms. The molecule has 1 heterocycles. The van der Waals surface area contributed by atoms with Gasteiger partial charge in [0.1, 0.15) is 6.54 Å². The number of urea groups is 1. The van der Waals surface area contributed by atoms with Gasteiger partial charge in [0, 0.05) is 26.5 Å². The Morgan fingerprint density at radius 2 is 2.19 bits per heavy atom. The lowest BCUT2D eigenvalue weighted by molar-refractivity contribution is -0.137. The molecule has 0 fully saturated rings. The molecule has 0 unspecified atom stereocenters. The lowest BCUT2D eigenvalue weighted by Gasteiger charge is -2.24. The molecule has 0 spiro atoms. The van der Waals surface area contributed by atoms with Crippen LogP contribution in [-0.4, -0.2) is 47.1 Å². The SMILES string of the molecule is COCCC(C)(C)CNC(=O)Nc1cnn(CC(=O)O)c1. The van der Waals surface area contributed by atoms with Crippen molar-refractivity contribution in [3.63, 3.8) is 0 Å². The zero-order chi connectivity index (χ0) is 15.9. The van der Waals surface area contributed by atoms with Crippen molar-refractivity contribution in [2.75, 3.05) is 25.6 Å². The number of rotatable bonds is 8. The molecule has 0 aromatic carbocycles. The molecule has 1 rings (SSSR count). The fraction of sp³-hybridized carbons (Fsp3) is 0.615. The number of aliphatic carboxylic acids is 1. The normalized spacial score (nSPS) is 11.2. The van der Waals surface area contributed by atoms with Crippen LogP contribution in [0.5, 0.6) is 0 Å². The molecule has 1 aromatic rings. The predicted octanol–water partition coefficient (Wildman–Crippen LogP) is 1.15. The number of methoxy groups -OCH3 is 1. The van der Waals surface area contributed by atoms with Crippen molar-refractivity contribution >= 4 is 17.7 Å². The average Bonchev–Trinajstić information content (AvgIpc) is 2.80. The molecule has 118 valence electrons. The van der Waals surface area contributed by atoms with Crippen LogP contribution in [-0.2, 0) is 16.1 Å². The van der Waals surface area contributed by atoms with E-state index in [-0.39, 0.29) is 18.0 Å². The number of hydrogen-bond acceptors (Lipinski definition) is 4. The maximum atomic E-state index is 11.8. The Hall–Kier alpha value is -2.09. The van der Waals surface area contributed by atoms with Gasteiger partial charge in [0.25, 0.3) is 0 Å². The molecule has 0 aliphatic heterocycles. The van der Waals surface area contributed by atoms with Gasteiger partial charge < -0.3 is 20.5 Å². The number of amides is 2. The van der Waals surface area contributed by atoms with Crippen LogP contribution in [0.2, 0.25) is 0 Å². The summed E-state index contributed by atoms with van der Waals surface area (Å²) in [6.45, 7) is 4.98. The van der Waals surface area contributed by atoms with E-state index in [1.165, 1.54) is 17.1 Å². The minimum Gasteiger partial charge on any atom is -0.480 e. The Morgan fingerprint density at radius 3 is 2.81 bits per heavy atom. The van der Waals surface area contributed by atoms with Crippen molar-refractivity contribution in [3.05, 3.63) is 12.4 Å². The Morgan fingerprint density at radius 1 is 1.48 bits per heavy atom. The van der Waals surface area contributed by atoms with Gasteiger partial charge in [-0.25, -0.2) is 4.79 Å². The molecule has 0 atom stereocenters. The summed E-state index contributed by atoms with van der Waals surface area (Å²) in [4.78, 5) is 22.3. The quantitative estimate of drug-likeness (QED) is 0.667. The van der Waals surface area contributed by atoms with Crippen molar-refractivity contribution in [1.82, 2.24) is 15.1 Å². The topological polar surface area (TPSA) is 105 Å². The molecule has 1 aromatic heterocycles. The number of nitrogens with one attached hydrogen (secondary N) is 2. The van der Waals surface area contributed by atoms with Gasteiger partial charge in [0.05, 0.1) is 11.9 Å². The van der Waals surface area contributed by atoms with Gasteiger partial charge in [-0.2, -0.15) is 5.10 Å². The molecular weight excluding hydrogens is 276 g/mol. The van der Waals surface area contributed by atoms with Crippen LogP contribution in [0.1, 0.15) is 20.3 Å². The van der Waals surface area contributed by atoms with E-state index in [1.54, 1.807) is 7.11 Å². The minimum absolute atomic E-state index is 0.0686. The number of ether oxygens (including phenoxy) is 1. The van der Waals surface area contributed by atoms with Gasteiger partial charge >= 0.3 is 12.0 Å². The molecule has 0 aliphatic carbocycles. The molecule has 2 amide bonds. The number of nitrogens with zero attached hydrogens (tertiary/aromatic N) is 2. The fourth-order valence-electron chi connectivity index (χ4n) is 1.61. The van der Waals surface area contributed by atoms with E-state index >= 15 is 0 Å². The van der Waals surface area contributed by atoms with E-state index in [4.69, 9.17) is 9.84 Å². The monoisotopic (exact) mass is 298 g/mol. The molecule has 0 bridgehead atoms. The fourth-order valence-corrected chi connectivity index (χ4v) is 1.61. The standard InChI is InChI=1S/C13H22N4O4/c1-13(2,4-5-21-3)9-14-12(20)16-10-6-15-17(7-10)8-11(18)19/h6-7H,4-5,8-9H2,1-3H3,(H,18,19)(H2,14,16,20). The number of aromatic nitrogens is 2. The Kier molecular flexibility index (Phi) is 6.16. The summed E-state index contributed by atoms with van der Waals surface area (Å²) in [5, 5.41) is 17.8. The van der Waals surface area contributed by atoms with Crippen LogP contribution in [0.3, 0.4) is 0 Å².